The third-order valence-electron chi connectivity index (χ3n) is 6.64. The first kappa shape index (κ1) is 21.3. The summed E-state index contributed by atoms with van der Waals surface area (Å²) in [6, 6.07) is 13.1. The Labute approximate surface area is 192 Å². The van der Waals surface area contributed by atoms with E-state index in [1.807, 2.05) is 31.2 Å². The standard InChI is InChI=1S/C25H27N3O5/c1-16-2-5-20(6-3-16)28-14-18(12-23(28)29)25(31)27-10-8-17(9-11-27)24(30)26-19-4-7-21-22(13-19)33-15-32-21/h2-7,13,17-18H,8-12,14-15H2,1H3,(H,26,30)/t18-/m0/s1. The number of rotatable bonds is 4. The number of hydrogen-bond donors (Lipinski definition) is 1. The van der Waals surface area contributed by atoms with Crippen LogP contribution in [0, 0.1) is 18.8 Å². The van der Waals surface area contributed by atoms with Crippen LogP contribution in [0.25, 0.3) is 0 Å². The van der Waals surface area contributed by atoms with Gasteiger partial charge in [-0.3, -0.25) is 14.4 Å². The molecule has 2 aromatic rings. The van der Waals surface area contributed by atoms with Gasteiger partial charge in [0.15, 0.2) is 11.5 Å². The van der Waals surface area contributed by atoms with Gasteiger partial charge in [-0.15, -0.1) is 0 Å². The van der Waals surface area contributed by atoms with Gasteiger partial charge < -0.3 is 24.6 Å². The van der Waals surface area contributed by atoms with Crippen molar-refractivity contribution < 1.29 is 23.9 Å². The molecule has 8 nitrogen and oxygen atoms in total. The van der Waals surface area contributed by atoms with Crippen LogP contribution in [0.3, 0.4) is 0 Å². The molecular formula is C25H27N3O5. The molecule has 3 aliphatic rings. The Hall–Kier alpha value is -3.55. The van der Waals surface area contributed by atoms with Gasteiger partial charge in [-0.05, 0) is 44.0 Å². The van der Waals surface area contributed by atoms with E-state index in [1.54, 1.807) is 28.0 Å². The van der Waals surface area contributed by atoms with Crippen molar-refractivity contribution in [1.82, 2.24) is 4.90 Å². The minimum atomic E-state index is -0.335. The predicted molar refractivity (Wildman–Crippen MR) is 122 cm³/mol. The van der Waals surface area contributed by atoms with Crippen molar-refractivity contribution in [2.45, 2.75) is 26.2 Å². The molecule has 172 valence electrons. The summed E-state index contributed by atoms with van der Waals surface area (Å²) in [5.74, 6) is 0.738. The average molecular weight is 450 g/mol. The summed E-state index contributed by atoms with van der Waals surface area (Å²) in [7, 11) is 0. The first-order chi connectivity index (χ1) is 16.0. The van der Waals surface area contributed by atoms with Gasteiger partial charge in [0, 0.05) is 49.4 Å². The van der Waals surface area contributed by atoms with Gasteiger partial charge in [0.2, 0.25) is 24.5 Å². The number of anilines is 2. The lowest BCUT2D eigenvalue weighted by Crippen LogP contribution is -2.44. The van der Waals surface area contributed by atoms with Crippen LogP contribution in [-0.4, -0.2) is 49.0 Å². The van der Waals surface area contributed by atoms with E-state index in [1.165, 1.54) is 0 Å². The van der Waals surface area contributed by atoms with Crippen LogP contribution in [0.15, 0.2) is 42.5 Å². The number of carbonyl (C=O) groups excluding carboxylic acids is 3. The van der Waals surface area contributed by atoms with E-state index < -0.39 is 0 Å². The molecule has 2 saturated heterocycles. The van der Waals surface area contributed by atoms with Gasteiger partial charge >= 0.3 is 0 Å². The molecular weight excluding hydrogens is 422 g/mol. The monoisotopic (exact) mass is 449 g/mol. The lowest BCUT2D eigenvalue weighted by molar-refractivity contribution is -0.138. The van der Waals surface area contributed by atoms with Gasteiger partial charge in [0.1, 0.15) is 0 Å². The smallest absolute Gasteiger partial charge is 0.231 e. The second-order valence-electron chi connectivity index (χ2n) is 8.90. The summed E-state index contributed by atoms with van der Waals surface area (Å²) in [5.41, 5.74) is 2.63. The van der Waals surface area contributed by atoms with Crippen molar-refractivity contribution in [1.29, 1.82) is 0 Å². The molecule has 2 fully saturated rings. The summed E-state index contributed by atoms with van der Waals surface area (Å²) in [5, 5.41) is 2.94. The number of likely N-dealkylation sites (tertiary alicyclic amines) is 1. The van der Waals surface area contributed by atoms with Crippen LogP contribution in [-0.2, 0) is 14.4 Å². The highest BCUT2D eigenvalue weighted by atomic mass is 16.7. The lowest BCUT2D eigenvalue weighted by atomic mass is 9.94. The first-order valence-electron chi connectivity index (χ1n) is 11.3. The quantitative estimate of drug-likeness (QED) is 0.776. The fraction of sp³-hybridized carbons (Fsp3) is 0.400. The number of fused-ring (bicyclic) bond motifs is 1. The van der Waals surface area contributed by atoms with E-state index in [9.17, 15) is 14.4 Å². The van der Waals surface area contributed by atoms with E-state index in [0.717, 1.165) is 11.3 Å². The number of benzene rings is 2. The lowest BCUT2D eigenvalue weighted by Gasteiger charge is -2.33. The van der Waals surface area contributed by atoms with Crippen LogP contribution in [0.1, 0.15) is 24.8 Å². The van der Waals surface area contributed by atoms with E-state index in [2.05, 4.69) is 5.32 Å². The van der Waals surface area contributed by atoms with E-state index >= 15 is 0 Å². The molecule has 2 aromatic carbocycles. The average Bonchev–Trinajstić information content (AvgIpc) is 3.45. The topological polar surface area (TPSA) is 88.2 Å². The van der Waals surface area contributed by atoms with Crippen molar-refractivity contribution in [2.75, 3.05) is 36.6 Å². The first-order valence-corrected chi connectivity index (χ1v) is 11.3. The van der Waals surface area contributed by atoms with Gasteiger partial charge in [0.05, 0.1) is 5.92 Å². The molecule has 0 saturated carbocycles. The Kier molecular flexibility index (Phi) is 5.66. The summed E-state index contributed by atoms with van der Waals surface area (Å²) in [6.07, 6.45) is 1.44. The molecule has 5 rings (SSSR count). The highest BCUT2D eigenvalue weighted by Gasteiger charge is 2.38. The van der Waals surface area contributed by atoms with Crippen molar-refractivity contribution in [2.24, 2.45) is 11.8 Å². The Morgan fingerprint density at radius 2 is 1.70 bits per heavy atom. The minimum Gasteiger partial charge on any atom is -0.454 e. The fourth-order valence-electron chi connectivity index (χ4n) is 4.69. The Balaban J connectivity index is 1.14. The SMILES string of the molecule is Cc1ccc(N2C[C@@H](C(=O)N3CCC(C(=O)Nc4ccc5c(c4)OCO5)CC3)CC2=O)cc1. The maximum absolute atomic E-state index is 13.1. The number of ether oxygens (including phenoxy) is 2. The molecule has 0 spiro atoms. The number of carbonyl (C=O) groups is 3. The Bertz CT molecular complexity index is 1080. The largest absolute Gasteiger partial charge is 0.454 e. The normalized spacial score (nSPS) is 20.3. The fourth-order valence-corrected chi connectivity index (χ4v) is 4.69. The minimum absolute atomic E-state index is 0.00703. The van der Waals surface area contributed by atoms with Crippen molar-refractivity contribution >= 4 is 29.1 Å². The number of piperidine rings is 1. The van der Waals surface area contributed by atoms with Gasteiger partial charge in [-0.25, -0.2) is 0 Å². The highest BCUT2D eigenvalue weighted by Crippen LogP contribution is 2.34. The highest BCUT2D eigenvalue weighted by molar-refractivity contribution is 6.00. The molecule has 1 atom stereocenters. The van der Waals surface area contributed by atoms with Crippen LogP contribution in [0.2, 0.25) is 0 Å². The van der Waals surface area contributed by atoms with Crippen LogP contribution < -0.4 is 19.7 Å². The number of hydrogen-bond acceptors (Lipinski definition) is 5. The zero-order chi connectivity index (χ0) is 22.9. The summed E-state index contributed by atoms with van der Waals surface area (Å²) < 4.78 is 10.7. The van der Waals surface area contributed by atoms with E-state index in [0.29, 0.717) is 49.7 Å². The zero-order valence-electron chi connectivity index (χ0n) is 18.6. The molecule has 8 heteroatoms. The molecule has 0 radical (unpaired) electrons. The van der Waals surface area contributed by atoms with E-state index in [-0.39, 0.29) is 42.8 Å². The van der Waals surface area contributed by atoms with Crippen LogP contribution >= 0.6 is 0 Å². The van der Waals surface area contributed by atoms with E-state index in [4.69, 9.17) is 9.47 Å². The third-order valence-corrected chi connectivity index (χ3v) is 6.64. The number of nitrogens with one attached hydrogen (secondary N) is 1. The molecule has 3 amide bonds. The Morgan fingerprint density at radius 1 is 0.970 bits per heavy atom. The van der Waals surface area contributed by atoms with Crippen molar-refractivity contribution in [3.63, 3.8) is 0 Å². The Morgan fingerprint density at radius 3 is 2.45 bits per heavy atom. The van der Waals surface area contributed by atoms with Crippen LogP contribution in [0.4, 0.5) is 11.4 Å². The van der Waals surface area contributed by atoms with Crippen molar-refractivity contribution in [3.05, 3.63) is 48.0 Å². The number of amides is 3. The molecule has 1 N–H and O–H groups in total. The second kappa shape index (κ2) is 8.77. The number of nitrogens with zero attached hydrogens (tertiary/aromatic N) is 2. The molecule has 3 aliphatic heterocycles. The summed E-state index contributed by atoms with van der Waals surface area (Å²) in [6.45, 7) is 3.64. The molecule has 0 unspecified atom stereocenters. The molecule has 0 bridgehead atoms. The van der Waals surface area contributed by atoms with Crippen molar-refractivity contribution in [3.8, 4) is 11.5 Å². The molecule has 33 heavy (non-hydrogen) atoms. The summed E-state index contributed by atoms with van der Waals surface area (Å²) >= 11 is 0. The maximum Gasteiger partial charge on any atom is 0.231 e. The van der Waals surface area contributed by atoms with Gasteiger partial charge in [0.25, 0.3) is 0 Å². The second-order valence-corrected chi connectivity index (χ2v) is 8.90. The maximum atomic E-state index is 13.1. The van der Waals surface area contributed by atoms with Gasteiger partial charge in [-0.2, -0.15) is 0 Å². The predicted octanol–water partition coefficient (Wildman–Crippen LogP) is 2.95. The number of aryl methyl sites for hydroxylation is 1. The third kappa shape index (κ3) is 4.37. The van der Waals surface area contributed by atoms with Gasteiger partial charge in [-0.1, -0.05) is 17.7 Å². The van der Waals surface area contributed by atoms with Crippen LogP contribution in [0.5, 0.6) is 11.5 Å². The zero-order valence-corrected chi connectivity index (χ0v) is 18.6. The summed E-state index contributed by atoms with van der Waals surface area (Å²) in [4.78, 5) is 41.8. The molecule has 3 heterocycles. The molecule has 0 aliphatic carbocycles. The molecule has 0 aromatic heterocycles.